The van der Waals surface area contributed by atoms with Crippen LogP contribution >= 0.6 is 11.6 Å². The van der Waals surface area contributed by atoms with E-state index < -0.39 is 5.97 Å². The highest BCUT2D eigenvalue weighted by Gasteiger charge is 2.30. The van der Waals surface area contributed by atoms with Crippen LogP contribution in [0, 0.1) is 0 Å². The fraction of sp³-hybridized carbons (Fsp3) is 0.235. The van der Waals surface area contributed by atoms with Gasteiger partial charge in [-0.15, -0.1) is 0 Å². The molecule has 4 heteroatoms. The van der Waals surface area contributed by atoms with Crippen molar-refractivity contribution in [3.63, 3.8) is 0 Å². The first kappa shape index (κ1) is 14.0. The van der Waals surface area contributed by atoms with Crippen LogP contribution < -0.4 is 4.74 Å². The van der Waals surface area contributed by atoms with Crippen LogP contribution in [0.1, 0.15) is 29.8 Å². The number of fused-ring (bicyclic) bond motifs is 1. The predicted molar refractivity (Wildman–Crippen MR) is 82.3 cm³/mol. The fourth-order valence-electron chi connectivity index (χ4n) is 2.72. The van der Waals surface area contributed by atoms with Crippen LogP contribution in [0.15, 0.2) is 36.4 Å². The Morgan fingerprint density at radius 2 is 2.00 bits per heavy atom. The number of carbonyl (C=O) groups is 1. The average molecular weight is 303 g/mol. The molecule has 1 aliphatic rings. The molecule has 1 aliphatic heterocycles. The van der Waals surface area contributed by atoms with Gasteiger partial charge < -0.3 is 9.84 Å². The van der Waals surface area contributed by atoms with Crippen molar-refractivity contribution in [3.8, 4) is 16.9 Å². The summed E-state index contributed by atoms with van der Waals surface area (Å²) in [6.07, 6.45) is 0.812. The minimum atomic E-state index is -0.982. The summed E-state index contributed by atoms with van der Waals surface area (Å²) in [5.41, 5.74) is 2.63. The van der Waals surface area contributed by atoms with E-state index in [-0.39, 0.29) is 11.2 Å². The lowest BCUT2D eigenvalue weighted by Gasteiger charge is -2.16. The maximum absolute atomic E-state index is 11.4. The number of hydrogen-bond acceptors (Lipinski definition) is 2. The van der Waals surface area contributed by atoms with E-state index in [4.69, 9.17) is 16.3 Å². The monoisotopic (exact) mass is 302 g/mol. The van der Waals surface area contributed by atoms with Crippen molar-refractivity contribution in [2.45, 2.75) is 25.9 Å². The van der Waals surface area contributed by atoms with Crippen molar-refractivity contribution in [1.29, 1.82) is 0 Å². The van der Waals surface area contributed by atoms with Gasteiger partial charge in [-0.25, -0.2) is 4.79 Å². The lowest BCUT2D eigenvalue weighted by molar-refractivity contribution is 0.0697. The normalized spacial score (nSPS) is 15.4. The highest BCUT2D eigenvalue weighted by atomic mass is 35.5. The van der Waals surface area contributed by atoms with E-state index in [0.717, 1.165) is 23.3 Å². The molecular weight excluding hydrogens is 288 g/mol. The third-order valence-electron chi connectivity index (χ3n) is 3.59. The van der Waals surface area contributed by atoms with Gasteiger partial charge >= 0.3 is 5.97 Å². The second-order valence-corrected chi connectivity index (χ2v) is 6.29. The fourth-order valence-corrected chi connectivity index (χ4v) is 2.89. The number of rotatable bonds is 2. The highest BCUT2D eigenvalue weighted by molar-refractivity contribution is 6.31. The Morgan fingerprint density at radius 1 is 1.24 bits per heavy atom. The lowest BCUT2D eigenvalue weighted by Crippen LogP contribution is -2.24. The van der Waals surface area contributed by atoms with Crippen LogP contribution in [0.2, 0.25) is 5.02 Å². The van der Waals surface area contributed by atoms with Crippen molar-refractivity contribution in [2.75, 3.05) is 0 Å². The lowest BCUT2D eigenvalue weighted by atomic mass is 9.95. The van der Waals surface area contributed by atoms with Gasteiger partial charge in [0.15, 0.2) is 0 Å². The van der Waals surface area contributed by atoms with Gasteiger partial charge in [0.05, 0.1) is 5.56 Å². The Hall–Kier alpha value is -2.00. The Kier molecular flexibility index (Phi) is 3.18. The quantitative estimate of drug-likeness (QED) is 0.893. The van der Waals surface area contributed by atoms with Crippen LogP contribution in [-0.4, -0.2) is 16.7 Å². The molecule has 0 amide bonds. The first-order valence-electron chi connectivity index (χ1n) is 6.71. The first-order valence-corrected chi connectivity index (χ1v) is 7.09. The third-order valence-corrected chi connectivity index (χ3v) is 3.82. The molecule has 21 heavy (non-hydrogen) atoms. The molecule has 3 rings (SSSR count). The number of ether oxygens (including phenoxy) is 1. The summed E-state index contributed by atoms with van der Waals surface area (Å²) in [4.78, 5) is 11.4. The van der Waals surface area contributed by atoms with Crippen LogP contribution in [0.3, 0.4) is 0 Å². The van der Waals surface area contributed by atoms with E-state index in [9.17, 15) is 9.90 Å². The second kappa shape index (κ2) is 4.78. The summed E-state index contributed by atoms with van der Waals surface area (Å²) >= 11 is 5.90. The number of halogens is 1. The molecular formula is C17H15ClO3. The van der Waals surface area contributed by atoms with Gasteiger partial charge in [0.1, 0.15) is 11.4 Å². The Labute approximate surface area is 128 Å². The molecule has 0 saturated carbocycles. The second-order valence-electron chi connectivity index (χ2n) is 5.86. The Morgan fingerprint density at radius 3 is 2.71 bits per heavy atom. The molecule has 0 aromatic heterocycles. The molecule has 0 atom stereocenters. The maximum Gasteiger partial charge on any atom is 0.336 e. The SMILES string of the molecule is CC1(C)Cc2cc(-c3ccc(Cl)cc3C(=O)O)ccc2O1. The zero-order valence-corrected chi connectivity index (χ0v) is 12.6. The van der Waals surface area contributed by atoms with E-state index in [1.165, 1.54) is 6.07 Å². The van der Waals surface area contributed by atoms with Crippen LogP contribution in [0.25, 0.3) is 11.1 Å². The number of benzene rings is 2. The molecule has 0 unspecified atom stereocenters. The van der Waals surface area contributed by atoms with Gasteiger partial charge in [0.2, 0.25) is 0 Å². The smallest absolute Gasteiger partial charge is 0.336 e. The first-order chi connectivity index (χ1) is 9.85. The summed E-state index contributed by atoms with van der Waals surface area (Å²) in [6, 6.07) is 10.7. The molecule has 0 bridgehead atoms. The van der Waals surface area contributed by atoms with Gasteiger partial charge in [-0.1, -0.05) is 23.7 Å². The molecule has 3 nitrogen and oxygen atoms in total. The minimum absolute atomic E-state index is 0.209. The van der Waals surface area contributed by atoms with Crippen molar-refractivity contribution in [2.24, 2.45) is 0 Å². The largest absolute Gasteiger partial charge is 0.487 e. The summed E-state index contributed by atoms with van der Waals surface area (Å²) < 4.78 is 5.84. The number of carboxylic acid groups (broad SMARTS) is 1. The summed E-state index contributed by atoms with van der Waals surface area (Å²) in [6.45, 7) is 4.08. The molecule has 0 radical (unpaired) electrons. The van der Waals surface area contributed by atoms with Crippen LogP contribution in [0.4, 0.5) is 0 Å². The highest BCUT2D eigenvalue weighted by Crippen LogP contribution is 2.38. The molecule has 1 N–H and O–H groups in total. The topological polar surface area (TPSA) is 46.5 Å². The van der Waals surface area contributed by atoms with Gasteiger partial charge in [-0.2, -0.15) is 0 Å². The number of aromatic carboxylic acids is 1. The zero-order valence-electron chi connectivity index (χ0n) is 11.8. The van der Waals surface area contributed by atoms with E-state index in [0.29, 0.717) is 10.6 Å². The summed E-state index contributed by atoms with van der Waals surface area (Å²) in [7, 11) is 0. The Bertz CT molecular complexity index is 735. The number of carboxylic acids is 1. The van der Waals surface area contributed by atoms with E-state index >= 15 is 0 Å². The van der Waals surface area contributed by atoms with E-state index in [1.54, 1.807) is 12.1 Å². The van der Waals surface area contributed by atoms with E-state index in [1.807, 2.05) is 32.0 Å². The van der Waals surface area contributed by atoms with E-state index in [2.05, 4.69) is 0 Å². The molecule has 0 spiro atoms. The third kappa shape index (κ3) is 2.61. The van der Waals surface area contributed by atoms with Gasteiger partial charge in [0.25, 0.3) is 0 Å². The minimum Gasteiger partial charge on any atom is -0.487 e. The molecule has 1 heterocycles. The van der Waals surface area contributed by atoms with Crippen molar-refractivity contribution < 1.29 is 14.6 Å². The van der Waals surface area contributed by atoms with Gasteiger partial charge in [-0.3, -0.25) is 0 Å². The molecule has 2 aromatic carbocycles. The molecule has 0 aliphatic carbocycles. The Balaban J connectivity index is 2.09. The average Bonchev–Trinajstić information content (AvgIpc) is 2.71. The standard InChI is InChI=1S/C17H15ClO3/c1-17(2)9-11-7-10(3-6-15(11)21-17)13-5-4-12(18)8-14(13)16(19)20/h3-8H,9H2,1-2H3,(H,19,20). The maximum atomic E-state index is 11.4. The molecule has 108 valence electrons. The zero-order chi connectivity index (χ0) is 15.2. The molecule has 0 fully saturated rings. The van der Waals surface area contributed by atoms with Gasteiger partial charge in [-0.05, 0) is 54.8 Å². The molecule has 2 aromatic rings. The summed E-state index contributed by atoms with van der Waals surface area (Å²) in [5.74, 6) is -0.112. The van der Waals surface area contributed by atoms with Gasteiger partial charge in [0, 0.05) is 11.4 Å². The predicted octanol–water partition coefficient (Wildman–Crippen LogP) is 4.42. The van der Waals surface area contributed by atoms with Crippen LogP contribution in [0.5, 0.6) is 5.75 Å². The van der Waals surface area contributed by atoms with Crippen molar-refractivity contribution in [3.05, 3.63) is 52.5 Å². The molecule has 0 saturated heterocycles. The van der Waals surface area contributed by atoms with Crippen LogP contribution in [-0.2, 0) is 6.42 Å². The van der Waals surface area contributed by atoms with Crippen molar-refractivity contribution in [1.82, 2.24) is 0 Å². The number of hydrogen-bond donors (Lipinski definition) is 1. The van der Waals surface area contributed by atoms with Crippen molar-refractivity contribution >= 4 is 17.6 Å². The summed E-state index contributed by atoms with van der Waals surface area (Å²) in [5, 5.41) is 9.76.